The number of allylic oxidation sites excluding steroid dienone is 1. The van der Waals surface area contributed by atoms with E-state index in [2.05, 4.69) is 20.9 Å². The molecule has 0 bridgehead atoms. The number of rotatable bonds is 2. The summed E-state index contributed by atoms with van der Waals surface area (Å²) in [5.74, 6) is -0.821. The van der Waals surface area contributed by atoms with Gasteiger partial charge in [0.1, 0.15) is 5.92 Å². The lowest BCUT2D eigenvalue weighted by atomic mass is 9.88. The van der Waals surface area contributed by atoms with Gasteiger partial charge in [0, 0.05) is 22.7 Å². The summed E-state index contributed by atoms with van der Waals surface area (Å²) in [6.07, 6.45) is 3.58. The summed E-state index contributed by atoms with van der Waals surface area (Å²) in [7, 11) is 0. The second kappa shape index (κ2) is 6.20. The minimum atomic E-state index is -0.682. The SMILES string of the molecule is Cc1cc(Br)cc(C)c1C1C(=O)C/C(=C\c2ccccn2)C1=O. The summed E-state index contributed by atoms with van der Waals surface area (Å²) in [5, 5.41) is 0. The Hall–Kier alpha value is -2.07. The van der Waals surface area contributed by atoms with E-state index in [1.54, 1.807) is 12.3 Å². The maximum atomic E-state index is 12.8. The molecule has 1 aliphatic carbocycles. The number of hydrogen-bond donors (Lipinski definition) is 0. The highest BCUT2D eigenvalue weighted by molar-refractivity contribution is 9.10. The standard InChI is InChI=1S/C19H16BrNO2/c1-11-7-14(20)8-12(2)17(11)18-16(22)10-13(19(18)23)9-15-5-3-4-6-21-15/h3-9,18H,10H2,1-2H3/b13-9+. The molecule has 4 heteroatoms. The summed E-state index contributed by atoms with van der Waals surface area (Å²) < 4.78 is 0.957. The lowest BCUT2D eigenvalue weighted by Gasteiger charge is -2.15. The van der Waals surface area contributed by atoms with Crippen LogP contribution in [0.2, 0.25) is 0 Å². The molecule has 0 radical (unpaired) electrons. The molecule has 3 nitrogen and oxygen atoms in total. The topological polar surface area (TPSA) is 47.0 Å². The Kier molecular flexibility index (Phi) is 4.26. The van der Waals surface area contributed by atoms with Gasteiger partial charge < -0.3 is 0 Å². The van der Waals surface area contributed by atoms with Gasteiger partial charge in [-0.3, -0.25) is 14.6 Å². The fraction of sp³-hybridized carbons (Fsp3) is 0.211. The van der Waals surface area contributed by atoms with E-state index in [1.165, 1.54) is 0 Å². The maximum absolute atomic E-state index is 12.8. The van der Waals surface area contributed by atoms with Crippen molar-refractivity contribution in [2.75, 3.05) is 0 Å². The molecule has 1 unspecified atom stereocenters. The van der Waals surface area contributed by atoms with Gasteiger partial charge in [-0.05, 0) is 60.9 Å². The molecule has 1 heterocycles. The lowest BCUT2D eigenvalue weighted by molar-refractivity contribution is -0.123. The first-order valence-corrected chi connectivity index (χ1v) is 8.22. The zero-order valence-electron chi connectivity index (χ0n) is 13.0. The number of pyridine rings is 1. The number of ketones is 2. The summed E-state index contributed by atoms with van der Waals surface area (Å²) in [6, 6.07) is 9.41. The van der Waals surface area contributed by atoms with Crippen LogP contribution in [0.3, 0.4) is 0 Å². The summed E-state index contributed by atoms with van der Waals surface area (Å²) >= 11 is 3.45. The highest BCUT2D eigenvalue weighted by atomic mass is 79.9. The van der Waals surface area contributed by atoms with E-state index < -0.39 is 5.92 Å². The van der Waals surface area contributed by atoms with E-state index in [0.717, 1.165) is 21.2 Å². The van der Waals surface area contributed by atoms with Crippen LogP contribution in [0.1, 0.15) is 34.7 Å². The third-order valence-electron chi connectivity index (χ3n) is 4.12. The monoisotopic (exact) mass is 369 g/mol. The maximum Gasteiger partial charge on any atom is 0.174 e. The van der Waals surface area contributed by atoms with Crippen LogP contribution in [0.25, 0.3) is 6.08 Å². The van der Waals surface area contributed by atoms with Crippen molar-refractivity contribution in [2.45, 2.75) is 26.2 Å². The van der Waals surface area contributed by atoms with Crippen LogP contribution in [0.15, 0.2) is 46.6 Å². The fourth-order valence-corrected chi connectivity index (χ4v) is 3.83. The number of carbonyl (C=O) groups excluding carboxylic acids is 2. The Morgan fingerprint density at radius 2 is 1.87 bits per heavy atom. The first kappa shape index (κ1) is 15.8. The Bertz CT molecular complexity index is 802. The second-order valence-corrected chi connectivity index (χ2v) is 6.73. The van der Waals surface area contributed by atoms with Gasteiger partial charge in [-0.1, -0.05) is 22.0 Å². The van der Waals surface area contributed by atoms with E-state index >= 15 is 0 Å². The molecular formula is C19H16BrNO2. The Labute approximate surface area is 143 Å². The molecule has 3 rings (SSSR count). The van der Waals surface area contributed by atoms with Gasteiger partial charge in [-0.2, -0.15) is 0 Å². The van der Waals surface area contributed by atoms with Crippen LogP contribution in [-0.2, 0) is 9.59 Å². The first-order chi connectivity index (χ1) is 11.0. The lowest BCUT2D eigenvalue weighted by Crippen LogP contribution is -2.15. The summed E-state index contributed by atoms with van der Waals surface area (Å²) in [4.78, 5) is 29.5. The zero-order valence-corrected chi connectivity index (χ0v) is 14.6. The molecule has 0 amide bonds. The fourth-order valence-electron chi connectivity index (χ4n) is 3.14. The van der Waals surface area contributed by atoms with Gasteiger partial charge in [-0.25, -0.2) is 0 Å². The highest BCUT2D eigenvalue weighted by Crippen LogP contribution is 2.37. The summed E-state index contributed by atoms with van der Waals surface area (Å²) in [6.45, 7) is 3.88. The molecule has 0 spiro atoms. The molecule has 1 saturated carbocycles. The predicted molar refractivity (Wildman–Crippen MR) is 93.2 cm³/mol. The van der Waals surface area contributed by atoms with Crippen LogP contribution in [-0.4, -0.2) is 16.6 Å². The van der Waals surface area contributed by atoms with Gasteiger partial charge in [0.2, 0.25) is 0 Å². The van der Waals surface area contributed by atoms with Crippen molar-refractivity contribution >= 4 is 33.6 Å². The van der Waals surface area contributed by atoms with E-state index in [1.807, 2.05) is 44.2 Å². The number of Topliss-reactive ketones (excluding diaryl/α,β-unsaturated/α-hetero) is 2. The molecule has 0 N–H and O–H groups in total. The number of aromatic nitrogens is 1. The van der Waals surface area contributed by atoms with Crippen molar-refractivity contribution in [1.82, 2.24) is 4.98 Å². The minimum Gasteiger partial charge on any atom is -0.298 e. The minimum absolute atomic E-state index is 0.0364. The summed E-state index contributed by atoms with van der Waals surface area (Å²) in [5.41, 5.74) is 4.01. The van der Waals surface area contributed by atoms with E-state index in [0.29, 0.717) is 11.3 Å². The number of aryl methyl sites for hydroxylation is 2. The van der Waals surface area contributed by atoms with E-state index in [9.17, 15) is 9.59 Å². The smallest absolute Gasteiger partial charge is 0.174 e. The number of halogens is 1. The van der Waals surface area contributed by atoms with Gasteiger partial charge in [-0.15, -0.1) is 0 Å². The predicted octanol–water partition coefficient (Wildman–Crippen LogP) is 4.17. The molecule has 1 aromatic carbocycles. The number of benzene rings is 1. The quantitative estimate of drug-likeness (QED) is 0.589. The van der Waals surface area contributed by atoms with Crippen molar-refractivity contribution in [3.05, 3.63) is 69.0 Å². The molecule has 1 atom stereocenters. The van der Waals surface area contributed by atoms with Crippen molar-refractivity contribution in [3.63, 3.8) is 0 Å². The van der Waals surface area contributed by atoms with Crippen LogP contribution < -0.4 is 0 Å². The number of carbonyl (C=O) groups is 2. The number of nitrogens with zero attached hydrogens (tertiary/aromatic N) is 1. The van der Waals surface area contributed by atoms with Crippen LogP contribution in [0.5, 0.6) is 0 Å². The van der Waals surface area contributed by atoms with Crippen molar-refractivity contribution < 1.29 is 9.59 Å². The average molecular weight is 370 g/mol. The van der Waals surface area contributed by atoms with Gasteiger partial charge in [0.15, 0.2) is 11.6 Å². The highest BCUT2D eigenvalue weighted by Gasteiger charge is 2.39. The Morgan fingerprint density at radius 3 is 2.48 bits per heavy atom. The van der Waals surface area contributed by atoms with Crippen molar-refractivity contribution in [3.8, 4) is 0 Å². The van der Waals surface area contributed by atoms with Gasteiger partial charge in [0.05, 0.1) is 5.69 Å². The van der Waals surface area contributed by atoms with Crippen LogP contribution in [0.4, 0.5) is 0 Å². The molecular weight excluding hydrogens is 354 g/mol. The third-order valence-corrected chi connectivity index (χ3v) is 4.58. The third kappa shape index (κ3) is 3.04. The molecule has 23 heavy (non-hydrogen) atoms. The first-order valence-electron chi connectivity index (χ1n) is 7.42. The molecule has 1 aliphatic rings. The van der Waals surface area contributed by atoms with Crippen LogP contribution in [0, 0.1) is 13.8 Å². The molecule has 116 valence electrons. The second-order valence-electron chi connectivity index (χ2n) is 5.82. The molecule has 2 aromatic rings. The Balaban J connectivity index is 2.02. The Morgan fingerprint density at radius 1 is 1.17 bits per heavy atom. The van der Waals surface area contributed by atoms with E-state index in [4.69, 9.17) is 0 Å². The van der Waals surface area contributed by atoms with Gasteiger partial charge >= 0.3 is 0 Å². The van der Waals surface area contributed by atoms with Crippen molar-refractivity contribution in [2.24, 2.45) is 0 Å². The van der Waals surface area contributed by atoms with Crippen molar-refractivity contribution in [1.29, 1.82) is 0 Å². The molecule has 0 aliphatic heterocycles. The zero-order chi connectivity index (χ0) is 16.6. The average Bonchev–Trinajstić information content (AvgIpc) is 2.75. The molecule has 1 aromatic heterocycles. The normalized spacial score (nSPS) is 19.6. The molecule has 1 fully saturated rings. The largest absolute Gasteiger partial charge is 0.298 e. The molecule has 0 saturated heterocycles. The number of hydrogen-bond acceptors (Lipinski definition) is 3. The van der Waals surface area contributed by atoms with E-state index in [-0.39, 0.29) is 18.0 Å². The van der Waals surface area contributed by atoms with Gasteiger partial charge in [0.25, 0.3) is 0 Å². The van der Waals surface area contributed by atoms with Crippen LogP contribution >= 0.6 is 15.9 Å².